The average Bonchev–Trinajstić information content (AvgIpc) is 2.59. The molecule has 0 spiro atoms. The minimum absolute atomic E-state index is 0.0928. The number of hydrogen-bond donors (Lipinski definition) is 1. The number of hydrogen-bond acceptors (Lipinski definition) is 2. The van der Waals surface area contributed by atoms with Gasteiger partial charge in [-0.1, -0.05) is 18.2 Å². The molecule has 2 aromatic rings. The lowest BCUT2D eigenvalue weighted by Crippen LogP contribution is -2.24. The molecule has 0 bridgehead atoms. The van der Waals surface area contributed by atoms with E-state index in [1.165, 1.54) is 24.3 Å². The second kappa shape index (κ2) is 8.59. The van der Waals surface area contributed by atoms with Gasteiger partial charge < -0.3 is 10.1 Å². The lowest BCUT2D eigenvalue weighted by atomic mass is 10.1. The van der Waals surface area contributed by atoms with Crippen LogP contribution in [0.4, 0.5) is 30.7 Å². The molecule has 0 radical (unpaired) electrons. The maximum absolute atomic E-state index is 13.1. The highest BCUT2D eigenvalue weighted by Gasteiger charge is 2.33. The fourth-order valence-corrected chi connectivity index (χ4v) is 2.28. The standard InChI is InChI=1S/C18H14F7NO2/c19-14-6-5-13(15(7-14)18(23,24)25)8-26-16(27)12-3-1-11(2-4-12)9-28-10-17(20,21)22/h1-7H,8-10H2,(H,26,27). The number of ether oxygens (including phenoxy) is 1. The van der Waals surface area contributed by atoms with Gasteiger partial charge in [0.1, 0.15) is 12.4 Å². The third-order valence-corrected chi connectivity index (χ3v) is 3.57. The minimum atomic E-state index is -4.78. The Labute approximate surface area is 155 Å². The largest absolute Gasteiger partial charge is 0.416 e. The Bertz CT molecular complexity index is 814. The first-order valence-corrected chi connectivity index (χ1v) is 7.83. The van der Waals surface area contributed by atoms with E-state index in [2.05, 4.69) is 10.1 Å². The molecule has 0 fully saturated rings. The van der Waals surface area contributed by atoms with Crippen molar-refractivity contribution >= 4 is 5.91 Å². The molecule has 0 aliphatic heterocycles. The van der Waals surface area contributed by atoms with Crippen LogP contribution in [0.2, 0.25) is 0 Å². The summed E-state index contributed by atoms with van der Waals surface area (Å²) in [5.74, 6) is -1.74. The van der Waals surface area contributed by atoms with Crippen molar-refractivity contribution in [1.29, 1.82) is 0 Å². The average molecular weight is 409 g/mol. The first kappa shape index (κ1) is 21.7. The number of amides is 1. The fraction of sp³-hybridized carbons (Fsp3) is 0.278. The number of alkyl halides is 6. The lowest BCUT2D eigenvalue weighted by molar-refractivity contribution is -0.176. The third kappa shape index (κ3) is 6.52. The molecular weight excluding hydrogens is 395 g/mol. The molecule has 28 heavy (non-hydrogen) atoms. The molecule has 3 nitrogen and oxygen atoms in total. The zero-order valence-corrected chi connectivity index (χ0v) is 14.1. The summed E-state index contributed by atoms with van der Waals surface area (Å²) in [6.45, 7) is -2.20. The monoisotopic (exact) mass is 409 g/mol. The summed E-state index contributed by atoms with van der Waals surface area (Å²) >= 11 is 0. The fourth-order valence-electron chi connectivity index (χ4n) is 2.28. The molecule has 0 aromatic heterocycles. The molecule has 152 valence electrons. The van der Waals surface area contributed by atoms with E-state index in [0.29, 0.717) is 11.6 Å². The van der Waals surface area contributed by atoms with Crippen LogP contribution in [0.3, 0.4) is 0 Å². The van der Waals surface area contributed by atoms with Gasteiger partial charge in [0.05, 0.1) is 12.2 Å². The van der Waals surface area contributed by atoms with Crippen LogP contribution < -0.4 is 5.32 Å². The van der Waals surface area contributed by atoms with Gasteiger partial charge >= 0.3 is 12.4 Å². The molecule has 0 saturated heterocycles. The highest BCUT2D eigenvalue weighted by atomic mass is 19.4. The number of rotatable bonds is 6. The Hall–Kier alpha value is -2.62. The minimum Gasteiger partial charge on any atom is -0.367 e. The van der Waals surface area contributed by atoms with Crippen molar-refractivity contribution < 1.29 is 40.3 Å². The van der Waals surface area contributed by atoms with Crippen molar-refractivity contribution in [2.24, 2.45) is 0 Å². The summed E-state index contributed by atoms with van der Waals surface area (Å²) in [4.78, 5) is 12.1. The Morgan fingerprint density at radius 1 is 0.964 bits per heavy atom. The molecule has 0 aliphatic rings. The van der Waals surface area contributed by atoms with Gasteiger partial charge in [0.2, 0.25) is 0 Å². The smallest absolute Gasteiger partial charge is 0.367 e. The molecule has 0 saturated carbocycles. The zero-order valence-electron chi connectivity index (χ0n) is 14.1. The van der Waals surface area contributed by atoms with E-state index >= 15 is 0 Å². The lowest BCUT2D eigenvalue weighted by Gasteiger charge is -2.14. The Balaban J connectivity index is 1.97. The van der Waals surface area contributed by atoms with Crippen LogP contribution in [0.5, 0.6) is 0 Å². The molecule has 0 unspecified atom stereocenters. The van der Waals surface area contributed by atoms with Crippen LogP contribution in [-0.2, 0) is 24.1 Å². The second-order valence-electron chi connectivity index (χ2n) is 5.79. The summed E-state index contributed by atoms with van der Waals surface area (Å²) in [6, 6.07) is 7.46. The van der Waals surface area contributed by atoms with Crippen molar-refractivity contribution in [2.45, 2.75) is 25.5 Å². The molecule has 10 heteroatoms. The van der Waals surface area contributed by atoms with Gasteiger partial charge in [-0.05, 0) is 35.4 Å². The Morgan fingerprint density at radius 3 is 2.18 bits per heavy atom. The van der Waals surface area contributed by atoms with Crippen molar-refractivity contribution in [2.75, 3.05) is 6.61 Å². The number of carbonyl (C=O) groups excluding carboxylic acids is 1. The number of halogens is 7. The zero-order chi connectivity index (χ0) is 20.9. The highest BCUT2D eigenvalue weighted by molar-refractivity contribution is 5.94. The number of nitrogens with one attached hydrogen (secondary N) is 1. The molecule has 1 amide bonds. The van der Waals surface area contributed by atoms with E-state index < -0.39 is 42.8 Å². The van der Waals surface area contributed by atoms with Gasteiger partial charge in [0.25, 0.3) is 5.91 Å². The van der Waals surface area contributed by atoms with Crippen LogP contribution in [-0.4, -0.2) is 18.7 Å². The number of carbonyl (C=O) groups is 1. The molecular formula is C18H14F7NO2. The molecule has 0 atom stereocenters. The first-order valence-electron chi connectivity index (χ1n) is 7.83. The van der Waals surface area contributed by atoms with Crippen molar-refractivity contribution in [3.8, 4) is 0 Å². The topological polar surface area (TPSA) is 38.3 Å². The van der Waals surface area contributed by atoms with Crippen LogP contribution in [0.15, 0.2) is 42.5 Å². The Kier molecular flexibility index (Phi) is 6.65. The van der Waals surface area contributed by atoms with Gasteiger partial charge in [-0.3, -0.25) is 4.79 Å². The van der Waals surface area contributed by atoms with Crippen molar-refractivity contribution in [3.63, 3.8) is 0 Å². The molecule has 1 N–H and O–H groups in total. The molecule has 2 aromatic carbocycles. The van der Waals surface area contributed by atoms with E-state index in [1.54, 1.807) is 0 Å². The molecule has 2 rings (SSSR count). The summed E-state index contributed by atoms with van der Waals surface area (Å²) < 4.78 is 92.4. The van der Waals surface area contributed by atoms with Gasteiger partial charge in [-0.25, -0.2) is 4.39 Å². The van der Waals surface area contributed by atoms with Gasteiger partial charge in [0, 0.05) is 12.1 Å². The predicted octanol–water partition coefficient (Wildman–Crippen LogP) is 4.85. The van der Waals surface area contributed by atoms with Crippen molar-refractivity contribution in [3.05, 3.63) is 70.5 Å². The van der Waals surface area contributed by atoms with Gasteiger partial charge in [0.15, 0.2) is 0 Å². The molecule has 0 aliphatic carbocycles. The predicted molar refractivity (Wildman–Crippen MR) is 84.7 cm³/mol. The summed E-state index contributed by atoms with van der Waals surface area (Å²) in [5, 5.41) is 2.29. The highest BCUT2D eigenvalue weighted by Crippen LogP contribution is 2.32. The van der Waals surface area contributed by atoms with Crippen LogP contribution in [0.1, 0.15) is 27.0 Å². The van der Waals surface area contributed by atoms with Gasteiger partial charge in [-0.15, -0.1) is 0 Å². The SMILES string of the molecule is O=C(NCc1ccc(F)cc1C(F)(F)F)c1ccc(COCC(F)(F)F)cc1. The van der Waals surface area contributed by atoms with Gasteiger partial charge in [-0.2, -0.15) is 26.3 Å². The second-order valence-corrected chi connectivity index (χ2v) is 5.79. The molecule has 0 heterocycles. The van der Waals surface area contributed by atoms with E-state index in [-0.39, 0.29) is 17.7 Å². The summed E-state index contributed by atoms with van der Waals surface area (Å²) in [5.41, 5.74) is -1.02. The number of benzene rings is 2. The van der Waals surface area contributed by atoms with E-state index in [9.17, 15) is 35.5 Å². The summed E-state index contributed by atoms with van der Waals surface area (Å²) in [6.07, 6.45) is -9.23. The van der Waals surface area contributed by atoms with Crippen LogP contribution >= 0.6 is 0 Å². The normalized spacial score (nSPS) is 12.1. The van der Waals surface area contributed by atoms with E-state index in [1.807, 2.05) is 0 Å². The maximum Gasteiger partial charge on any atom is 0.416 e. The Morgan fingerprint density at radius 2 is 1.61 bits per heavy atom. The van der Waals surface area contributed by atoms with Crippen LogP contribution in [0.25, 0.3) is 0 Å². The third-order valence-electron chi connectivity index (χ3n) is 3.57. The maximum atomic E-state index is 13.1. The first-order chi connectivity index (χ1) is 13.0. The van der Waals surface area contributed by atoms with E-state index in [4.69, 9.17) is 0 Å². The summed E-state index contributed by atoms with van der Waals surface area (Å²) in [7, 11) is 0. The van der Waals surface area contributed by atoms with E-state index in [0.717, 1.165) is 12.1 Å². The van der Waals surface area contributed by atoms with Crippen molar-refractivity contribution in [1.82, 2.24) is 5.32 Å². The quantitative estimate of drug-likeness (QED) is 0.693. The van der Waals surface area contributed by atoms with Crippen LogP contribution in [0, 0.1) is 5.82 Å².